The Morgan fingerprint density at radius 2 is 2.06 bits per heavy atom. The molecule has 1 atom stereocenters. The molecule has 0 aromatic rings. The van der Waals surface area contributed by atoms with Crippen LogP contribution in [-0.2, 0) is 0 Å². The summed E-state index contributed by atoms with van der Waals surface area (Å²) in [5.41, 5.74) is 0.288. The summed E-state index contributed by atoms with van der Waals surface area (Å²) in [6, 6.07) is 0.692. The van der Waals surface area contributed by atoms with Gasteiger partial charge in [-0.15, -0.1) is 0 Å². The van der Waals surface area contributed by atoms with E-state index in [1.165, 1.54) is 32.4 Å². The van der Waals surface area contributed by atoms with Gasteiger partial charge in [-0.2, -0.15) is 11.8 Å². The molecular weight excluding hydrogens is 216 g/mol. The van der Waals surface area contributed by atoms with Crippen LogP contribution in [0.4, 0.5) is 0 Å². The molecule has 0 radical (unpaired) electrons. The van der Waals surface area contributed by atoms with Gasteiger partial charge in [-0.25, -0.2) is 0 Å². The zero-order chi connectivity index (χ0) is 11.8. The molecule has 0 aromatic heterocycles. The summed E-state index contributed by atoms with van der Waals surface area (Å²) >= 11 is 2.09. The molecule has 2 aliphatic rings. The van der Waals surface area contributed by atoms with E-state index in [-0.39, 0.29) is 5.54 Å². The number of hydrogen-bond donors (Lipinski definition) is 1. The Kier molecular flexibility index (Phi) is 3.58. The molecule has 16 heavy (non-hydrogen) atoms. The minimum absolute atomic E-state index is 0.288. The zero-order valence-electron chi connectivity index (χ0n) is 11.2. The third kappa shape index (κ3) is 2.57. The molecule has 1 aliphatic carbocycles. The Bertz CT molecular complexity index is 243. The predicted molar refractivity (Wildman–Crippen MR) is 73.2 cm³/mol. The first-order valence-electron chi connectivity index (χ1n) is 6.51. The van der Waals surface area contributed by atoms with Crippen LogP contribution in [0.5, 0.6) is 0 Å². The van der Waals surface area contributed by atoms with Crippen molar-refractivity contribution in [2.24, 2.45) is 0 Å². The second-order valence-corrected chi connectivity index (χ2v) is 7.53. The minimum Gasteiger partial charge on any atom is -0.309 e. The Morgan fingerprint density at radius 3 is 2.56 bits per heavy atom. The lowest BCUT2D eigenvalue weighted by molar-refractivity contribution is 0.0813. The Hall–Kier alpha value is 0.270. The van der Waals surface area contributed by atoms with Crippen LogP contribution in [0.15, 0.2) is 0 Å². The van der Waals surface area contributed by atoms with E-state index >= 15 is 0 Å². The number of nitrogens with one attached hydrogen (secondary N) is 1. The molecule has 1 saturated carbocycles. The average Bonchev–Trinajstić information content (AvgIpc) is 2.17. The SMILES string of the molecule is CSC1(CN2CC(C)(C)NCC2C)CCC1. The molecule has 94 valence electrons. The predicted octanol–water partition coefficient (Wildman–Crippen LogP) is 2.34. The summed E-state index contributed by atoms with van der Waals surface area (Å²) < 4.78 is 0.585. The van der Waals surface area contributed by atoms with Crippen molar-refractivity contribution >= 4 is 11.8 Å². The van der Waals surface area contributed by atoms with E-state index in [1.807, 2.05) is 0 Å². The van der Waals surface area contributed by atoms with Gasteiger partial charge in [0.15, 0.2) is 0 Å². The molecule has 1 aliphatic heterocycles. The first-order chi connectivity index (χ1) is 7.46. The monoisotopic (exact) mass is 242 g/mol. The highest BCUT2D eigenvalue weighted by Crippen LogP contribution is 2.43. The lowest BCUT2D eigenvalue weighted by Gasteiger charge is -2.50. The fraction of sp³-hybridized carbons (Fsp3) is 1.00. The topological polar surface area (TPSA) is 15.3 Å². The average molecular weight is 242 g/mol. The fourth-order valence-electron chi connectivity index (χ4n) is 2.85. The first kappa shape index (κ1) is 12.7. The summed E-state index contributed by atoms with van der Waals surface area (Å²) in [6.45, 7) is 10.6. The van der Waals surface area contributed by atoms with E-state index in [9.17, 15) is 0 Å². The number of piperazine rings is 1. The van der Waals surface area contributed by atoms with Gasteiger partial charge in [-0.1, -0.05) is 6.42 Å². The maximum absolute atomic E-state index is 3.63. The standard InChI is InChI=1S/C13H26N2S/c1-11-8-14-12(2,3)9-15(11)10-13(16-4)6-5-7-13/h11,14H,5-10H2,1-4H3. The van der Waals surface area contributed by atoms with Crippen LogP contribution >= 0.6 is 11.8 Å². The fourth-order valence-corrected chi connectivity index (χ4v) is 3.84. The molecule has 2 nitrogen and oxygen atoms in total. The molecule has 1 N–H and O–H groups in total. The van der Waals surface area contributed by atoms with Gasteiger partial charge in [0.05, 0.1) is 0 Å². The molecule has 2 fully saturated rings. The van der Waals surface area contributed by atoms with Crippen molar-refractivity contribution in [2.75, 3.05) is 25.9 Å². The van der Waals surface area contributed by atoms with E-state index in [1.54, 1.807) is 0 Å². The Balaban J connectivity index is 1.96. The molecule has 1 saturated heterocycles. The second-order valence-electron chi connectivity index (χ2n) is 6.26. The zero-order valence-corrected chi connectivity index (χ0v) is 12.0. The maximum Gasteiger partial charge on any atom is 0.0284 e. The number of rotatable bonds is 3. The molecule has 0 spiro atoms. The highest BCUT2D eigenvalue weighted by Gasteiger charge is 2.41. The van der Waals surface area contributed by atoms with Crippen molar-refractivity contribution in [2.45, 2.75) is 56.4 Å². The Labute approximate surface area is 105 Å². The van der Waals surface area contributed by atoms with Crippen molar-refractivity contribution in [1.82, 2.24) is 10.2 Å². The van der Waals surface area contributed by atoms with Gasteiger partial charge >= 0.3 is 0 Å². The number of nitrogens with zero attached hydrogens (tertiary/aromatic N) is 1. The molecule has 0 aromatic carbocycles. The maximum atomic E-state index is 3.63. The summed E-state index contributed by atoms with van der Waals surface area (Å²) in [6.07, 6.45) is 6.57. The quantitative estimate of drug-likeness (QED) is 0.818. The van der Waals surface area contributed by atoms with E-state index in [4.69, 9.17) is 0 Å². The van der Waals surface area contributed by atoms with Crippen molar-refractivity contribution in [3.05, 3.63) is 0 Å². The lowest BCUT2D eigenvalue weighted by atomic mass is 9.83. The van der Waals surface area contributed by atoms with Crippen molar-refractivity contribution < 1.29 is 0 Å². The molecule has 0 bridgehead atoms. The van der Waals surface area contributed by atoms with Crippen LogP contribution in [0, 0.1) is 0 Å². The third-order valence-corrected chi connectivity index (χ3v) is 5.69. The van der Waals surface area contributed by atoms with Crippen molar-refractivity contribution in [3.8, 4) is 0 Å². The Morgan fingerprint density at radius 1 is 1.38 bits per heavy atom. The van der Waals surface area contributed by atoms with Gasteiger partial charge < -0.3 is 5.32 Å². The summed E-state index contributed by atoms with van der Waals surface area (Å²) in [5.74, 6) is 0. The number of thioether (sulfide) groups is 1. The van der Waals surface area contributed by atoms with Gasteiger partial charge in [0.2, 0.25) is 0 Å². The normalized spacial score (nSPS) is 33.4. The molecule has 3 heteroatoms. The molecule has 0 amide bonds. The lowest BCUT2D eigenvalue weighted by Crippen LogP contribution is -2.63. The van der Waals surface area contributed by atoms with E-state index < -0.39 is 0 Å². The van der Waals surface area contributed by atoms with Crippen LogP contribution in [0.1, 0.15) is 40.0 Å². The van der Waals surface area contributed by atoms with E-state index in [2.05, 4.69) is 49.0 Å². The molecular formula is C13H26N2S. The van der Waals surface area contributed by atoms with Gasteiger partial charge in [0.25, 0.3) is 0 Å². The summed E-state index contributed by atoms with van der Waals surface area (Å²) in [4.78, 5) is 2.70. The van der Waals surface area contributed by atoms with E-state index in [0.717, 1.165) is 6.54 Å². The van der Waals surface area contributed by atoms with Crippen LogP contribution in [0.3, 0.4) is 0 Å². The van der Waals surface area contributed by atoms with Gasteiger partial charge in [0.1, 0.15) is 0 Å². The summed E-state index contributed by atoms with van der Waals surface area (Å²) in [5, 5.41) is 3.63. The largest absolute Gasteiger partial charge is 0.309 e. The highest BCUT2D eigenvalue weighted by atomic mass is 32.2. The third-order valence-electron chi connectivity index (χ3n) is 4.29. The highest BCUT2D eigenvalue weighted by molar-refractivity contribution is 8.00. The van der Waals surface area contributed by atoms with Gasteiger partial charge in [-0.3, -0.25) is 4.90 Å². The van der Waals surface area contributed by atoms with Crippen LogP contribution in [-0.4, -0.2) is 47.1 Å². The molecule has 2 rings (SSSR count). The summed E-state index contributed by atoms with van der Waals surface area (Å²) in [7, 11) is 0. The van der Waals surface area contributed by atoms with Crippen molar-refractivity contribution in [1.29, 1.82) is 0 Å². The minimum atomic E-state index is 0.288. The van der Waals surface area contributed by atoms with Gasteiger partial charge in [-0.05, 0) is 39.9 Å². The van der Waals surface area contributed by atoms with Crippen molar-refractivity contribution in [3.63, 3.8) is 0 Å². The van der Waals surface area contributed by atoms with E-state index in [0.29, 0.717) is 10.8 Å². The molecule has 1 unspecified atom stereocenters. The second kappa shape index (κ2) is 4.51. The van der Waals surface area contributed by atoms with Crippen LogP contribution < -0.4 is 5.32 Å². The first-order valence-corrected chi connectivity index (χ1v) is 7.73. The van der Waals surface area contributed by atoms with Crippen LogP contribution in [0.25, 0.3) is 0 Å². The number of hydrogen-bond acceptors (Lipinski definition) is 3. The van der Waals surface area contributed by atoms with Gasteiger partial charge in [0, 0.05) is 36.0 Å². The van der Waals surface area contributed by atoms with Crippen LogP contribution in [0.2, 0.25) is 0 Å². The smallest absolute Gasteiger partial charge is 0.0284 e. The molecule has 1 heterocycles.